The van der Waals surface area contributed by atoms with E-state index in [0.717, 1.165) is 0 Å². The Bertz CT molecular complexity index is 85.3. The van der Waals surface area contributed by atoms with Crippen LogP contribution in [-0.2, 0) is 4.74 Å². The van der Waals surface area contributed by atoms with Gasteiger partial charge < -0.3 is 14.9 Å². The van der Waals surface area contributed by atoms with Crippen LogP contribution in [0.5, 0.6) is 0 Å². The van der Waals surface area contributed by atoms with Crippen molar-refractivity contribution in [2.45, 2.75) is 32.5 Å². The molecule has 0 fully saturated rings. The summed E-state index contributed by atoms with van der Waals surface area (Å²) in [5, 5.41) is 17.2. The maximum atomic E-state index is 8.85. The predicted molar refractivity (Wildman–Crippen MR) is 38.8 cm³/mol. The lowest BCUT2D eigenvalue weighted by Crippen LogP contribution is -2.27. The Morgan fingerprint density at radius 3 is 2.20 bits per heavy atom. The Morgan fingerprint density at radius 2 is 1.90 bits per heavy atom. The summed E-state index contributed by atoms with van der Waals surface area (Å²) >= 11 is 0. The topological polar surface area (TPSA) is 49.7 Å². The lowest BCUT2D eigenvalue weighted by atomic mass is 10.2. The van der Waals surface area contributed by atoms with E-state index >= 15 is 0 Å². The summed E-state index contributed by atoms with van der Waals surface area (Å²) in [6.45, 7) is 5.65. The van der Waals surface area contributed by atoms with Crippen LogP contribution in [0.3, 0.4) is 0 Å². The van der Waals surface area contributed by atoms with Crippen molar-refractivity contribution in [2.24, 2.45) is 0 Å². The molecule has 2 N–H and O–H groups in total. The van der Waals surface area contributed by atoms with Gasteiger partial charge in [-0.15, -0.1) is 0 Å². The van der Waals surface area contributed by atoms with Crippen LogP contribution in [-0.4, -0.2) is 35.1 Å². The van der Waals surface area contributed by atoms with Gasteiger partial charge in [-0.25, -0.2) is 0 Å². The number of aliphatic hydroxyl groups is 2. The van der Waals surface area contributed by atoms with Crippen LogP contribution >= 0.6 is 0 Å². The van der Waals surface area contributed by atoms with Gasteiger partial charge in [-0.3, -0.25) is 0 Å². The van der Waals surface area contributed by atoms with Gasteiger partial charge in [-0.2, -0.15) is 0 Å². The fourth-order valence-corrected chi connectivity index (χ4v) is 0.399. The van der Waals surface area contributed by atoms with Crippen molar-refractivity contribution in [1.82, 2.24) is 0 Å². The summed E-state index contributed by atoms with van der Waals surface area (Å²) < 4.78 is 5.17. The van der Waals surface area contributed by atoms with Crippen molar-refractivity contribution in [1.29, 1.82) is 0 Å². The molecule has 0 radical (unpaired) electrons. The molecular weight excluding hydrogens is 132 g/mol. The maximum absolute atomic E-state index is 8.85. The Balaban J connectivity index is 3.36. The summed E-state index contributed by atoms with van der Waals surface area (Å²) in [6.07, 6.45) is -0.751. The molecule has 0 saturated heterocycles. The monoisotopic (exact) mass is 148 g/mol. The van der Waals surface area contributed by atoms with Crippen molar-refractivity contribution in [3.63, 3.8) is 0 Å². The van der Waals surface area contributed by atoms with Gasteiger partial charge in [0.1, 0.15) is 6.10 Å². The molecule has 0 aliphatic rings. The van der Waals surface area contributed by atoms with Crippen LogP contribution in [0, 0.1) is 0 Å². The zero-order valence-corrected chi connectivity index (χ0v) is 6.79. The first-order valence-electron chi connectivity index (χ1n) is 3.38. The molecule has 10 heavy (non-hydrogen) atoms. The second-order valence-electron chi connectivity index (χ2n) is 3.26. The van der Waals surface area contributed by atoms with Gasteiger partial charge in [0.2, 0.25) is 0 Å². The quantitative estimate of drug-likeness (QED) is 0.599. The first-order chi connectivity index (χ1) is 4.45. The molecule has 3 heteroatoms. The van der Waals surface area contributed by atoms with Crippen LogP contribution in [0.15, 0.2) is 0 Å². The maximum Gasteiger partial charge on any atom is 0.100 e. The highest BCUT2D eigenvalue weighted by Gasteiger charge is 2.12. The highest BCUT2D eigenvalue weighted by atomic mass is 16.5. The van der Waals surface area contributed by atoms with Crippen molar-refractivity contribution >= 4 is 0 Å². The van der Waals surface area contributed by atoms with Crippen LogP contribution in [0.1, 0.15) is 20.8 Å². The van der Waals surface area contributed by atoms with Gasteiger partial charge in [0, 0.05) is 0 Å². The zero-order valence-electron chi connectivity index (χ0n) is 6.79. The summed E-state index contributed by atoms with van der Waals surface area (Å²) in [4.78, 5) is 0. The molecular formula is C7H16O3. The van der Waals surface area contributed by atoms with E-state index in [1.807, 2.05) is 20.8 Å². The molecule has 3 nitrogen and oxygen atoms in total. The van der Waals surface area contributed by atoms with E-state index in [-0.39, 0.29) is 18.8 Å². The van der Waals surface area contributed by atoms with Gasteiger partial charge >= 0.3 is 0 Å². The third kappa shape index (κ3) is 6.01. The molecule has 0 aliphatic heterocycles. The van der Waals surface area contributed by atoms with Crippen LogP contribution in [0.25, 0.3) is 0 Å². The van der Waals surface area contributed by atoms with E-state index in [1.165, 1.54) is 0 Å². The molecule has 0 bridgehead atoms. The third-order valence-electron chi connectivity index (χ3n) is 0.919. The molecule has 0 heterocycles. The number of rotatable bonds is 3. The minimum atomic E-state index is -0.751. The first kappa shape index (κ1) is 9.88. The average Bonchev–Trinajstić information content (AvgIpc) is 1.81. The Labute approximate surface area is 61.6 Å². The van der Waals surface area contributed by atoms with E-state index in [4.69, 9.17) is 14.9 Å². The third-order valence-corrected chi connectivity index (χ3v) is 0.919. The van der Waals surface area contributed by atoms with Crippen molar-refractivity contribution in [2.75, 3.05) is 13.2 Å². The molecule has 0 saturated carbocycles. The standard InChI is InChI=1S/C7H16O3/c1-7(2,3)10-5-6(9)4-8/h6,8-9H,4-5H2,1-3H3/t6-/m1/s1. The predicted octanol–water partition coefficient (Wildman–Crippen LogP) is 0.155. The van der Waals surface area contributed by atoms with Crippen molar-refractivity contribution in [3.8, 4) is 0 Å². The average molecular weight is 148 g/mol. The Kier molecular flexibility index (Phi) is 3.86. The molecule has 0 unspecified atom stereocenters. The largest absolute Gasteiger partial charge is 0.394 e. The van der Waals surface area contributed by atoms with E-state index in [2.05, 4.69) is 0 Å². The minimum Gasteiger partial charge on any atom is -0.394 e. The van der Waals surface area contributed by atoms with Gasteiger partial charge in [0.05, 0.1) is 18.8 Å². The van der Waals surface area contributed by atoms with Gasteiger partial charge in [0.25, 0.3) is 0 Å². The molecule has 62 valence electrons. The molecule has 1 atom stereocenters. The van der Waals surface area contributed by atoms with E-state index < -0.39 is 6.10 Å². The van der Waals surface area contributed by atoms with Crippen molar-refractivity contribution in [3.05, 3.63) is 0 Å². The van der Waals surface area contributed by atoms with Crippen LogP contribution in [0.2, 0.25) is 0 Å². The second-order valence-corrected chi connectivity index (χ2v) is 3.26. The van der Waals surface area contributed by atoms with Gasteiger partial charge in [-0.1, -0.05) is 0 Å². The normalized spacial score (nSPS) is 15.3. The molecule has 0 aromatic carbocycles. The molecule has 0 aromatic heterocycles. The Hall–Kier alpha value is -0.120. The first-order valence-corrected chi connectivity index (χ1v) is 3.38. The van der Waals surface area contributed by atoms with Gasteiger partial charge in [-0.05, 0) is 20.8 Å². The number of aliphatic hydroxyl groups excluding tert-OH is 2. The summed E-state index contributed by atoms with van der Waals surface area (Å²) in [5.41, 5.74) is -0.240. The van der Waals surface area contributed by atoms with Gasteiger partial charge in [0.15, 0.2) is 0 Å². The van der Waals surface area contributed by atoms with Crippen molar-refractivity contribution < 1.29 is 14.9 Å². The fourth-order valence-electron chi connectivity index (χ4n) is 0.399. The molecule has 0 aromatic rings. The van der Waals surface area contributed by atoms with Crippen LogP contribution in [0.4, 0.5) is 0 Å². The summed E-state index contributed by atoms with van der Waals surface area (Å²) in [5.74, 6) is 0. The van der Waals surface area contributed by atoms with E-state index in [9.17, 15) is 0 Å². The second kappa shape index (κ2) is 3.91. The smallest absolute Gasteiger partial charge is 0.100 e. The van der Waals surface area contributed by atoms with E-state index in [0.29, 0.717) is 0 Å². The zero-order chi connectivity index (χ0) is 8.20. The SMILES string of the molecule is CC(C)(C)OC[C@H](O)CO. The lowest BCUT2D eigenvalue weighted by molar-refractivity contribution is -0.0613. The summed E-state index contributed by atoms with van der Waals surface area (Å²) in [7, 11) is 0. The number of hydrogen-bond acceptors (Lipinski definition) is 3. The molecule has 0 amide bonds. The Morgan fingerprint density at radius 1 is 1.40 bits per heavy atom. The molecule has 0 rings (SSSR count). The minimum absolute atomic E-state index is 0.194. The number of ether oxygens (including phenoxy) is 1. The van der Waals surface area contributed by atoms with E-state index in [1.54, 1.807) is 0 Å². The highest BCUT2D eigenvalue weighted by molar-refractivity contribution is 4.60. The molecule has 0 aliphatic carbocycles. The van der Waals surface area contributed by atoms with Crippen LogP contribution < -0.4 is 0 Å². The fraction of sp³-hybridized carbons (Fsp3) is 1.00. The molecule has 0 spiro atoms. The summed E-state index contributed by atoms with van der Waals surface area (Å²) in [6, 6.07) is 0. The number of hydrogen-bond donors (Lipinski definition) is 2. The lowest BCUT2D eigenvalue weighted by Gasteiger charge is -2.20. The highest BCUT2D eigenvalue weighted by Crippen LogP contribution is 2.06.